The van der Waals surface area contributed by atoms with Gasteiger partial charge in [0, 0.05) is 11.1 Å². The van der Waals surface area contributed by atoms with E-state index in [1.807, 2.05) is 0 Å². The Morgan fingerprint density at radius 3 is 1.12 bits per heavy atom. The van der Waals surface area contributed by atoms with Gasteiger partial charge in [0.25, 0.3) is 0 Å². The molecular weight excluding hydrogens is 415 g/mol. The van der Waals surface area contributed by atoms with E-state index in [2.05, 4.69) is 27.0 Å². The number of carbonyl (C=O) groups is 2. The Hall–Kier alpha value is -0.658. The monoisotopic (exact) mass is 438 g/mol. The summed E-state index contributed by atoms with van der Waals surface area (Å²) in [5.74, 6) is -1.87. The normalized spacial score (nSPS) is 7.76. The van der Waals surface area contributed by atoms with E-state index in [0.29, 0.717) is 0 Å². The zero-order chi connectivity index (χ0) is 14.4. The summed E-state index contributed by atoms with van der Waals surface area (Å²) in [6.45, 7) is 13.8. The molecule has 0 spiro atoms. The summed E-state index contributed by atoms with van der Waals surface area (Å²) in [7, 11) is 0. The van der Waals surface area contributed by atoms with E-state index in [4.69, 9.17) is 10.2 Å². The molecule has 98 valence electrons. The molecule has 0 bridgehead atoms. The molecule has 0 aromatic carbocycles. The van der Waals surface area contributed by atoms with Crippen molar-refractivity contribution in [1.29, 1.82) is 0 Å². The molecule has 0 aromatic heterocycles. The first kappa shape index (κ1) is 21.6. The molecule has 2 radical (unpaired) electrons. The van der Waals surface area contributed by atoms with Crippen molar-refractivity contribution in [3.63, 3.8) is 0 Å². The zero-order valence-corrected chi connectivity index (χ0v) is 14.9. The molecule has 0 heterocycles. The molecule has 0 aliphatic rings. The predicted octanol–water partition coefficient (Wildman–Crippen LogP) is 2.86. The van der Waals surface area contributed by atoms with Crippen LogP contribution in [0.25, 0.3) is 0 Å². The van der Waals surface area contributed by atoms with Crippen molar-refractivity contribution in [2.45, 2.75) is 35.7 Å². The SMILES string of the molecule is C=C(C)C(=O)O.C=C(C)C(=O)O.C[CH2][Pb][CH2]C. The molecule has 0 rings (SSSR count). The second-order valence-corrected chi connectivity index (χ2v) is 10.6. The molecule has 5 heteroatoms. The molecule has 4 nitrogen and oxygen atoms in total. The van der Waals surface area contributed by atoms with Crippen LogP contribution in [0.2, 0.25) is 7.96 Å². The third-order valence-corrected chi connectivity index (χ3v) is 5.12. The average Bonchev–Trinajstić information content (AvgIpc) is 2.20. The number of carboxylic acid groups (broad SMARTS) is 2. The summed E-state index contributed by atoms with van der Waals surface area (Å²) in [5, 5.41) is 15.8. The quantitative estimate of drug-likeness (QED) is 0.524. The summed E-state index contributed by atoms with van der Waals surface area (Å²) in [5.41, 5.74) is 0.352. The number of hydrogen-bond donors (Lipinski definition) is 2. The van der Waals surface area contributed by atoms with E-state index in [-0.39, 0.29) is 35.4 Å². The van der Waals surface area contributed by atoms with Crippen LogP contribution in [0.1, 0.15) is 27.7 Å². The van der Waals surface area contributed by atoms with Crippen LogP contribution in [-0.2, 0) is 9.59 Å². The standard InChI is InChI=1S/2C4H6O2.2C2H5.Pb/c2*1-3(2)4(5)6;2*1-2;/h2*1H2,2H3,(H,5,6);2*1H2,2H3;. The van der Waals surface area contributed by atoms with Crippen molar-refractivity contribution in [3.05, 3.63) is 24.3 Å². The van der Waals surface area contributed by atoms with Crippen molar-refractivity contribution in [2.75, 3.05) is 0 Å². The van der Waals surface area contributed by atoms with Crippen LogP contribution >= 0.6 is 0 Å². The molecule has 17 heavy (non-hydrogen) atoms. The van der Waals surface area contributed by atoms with Gasteiger partial charge in [0.2, 0.25) is 0 Å². The summed E-state index contributed by atoms with van der Waals surface area (Å²) in [6.07, 6.45) is 0. The number of carboxylic acids is 2. The second-order valence-electron chi connectivity index (χ2n) is 3.13. The van der Waals surface area contributed by atoms with Gasteiger partial charge in [0.15, 0.2) is 0 Å². The van der Waals surface area contributed by atoms with Gasteiger partial charge >= 0.3 is 58.0 Å². The molecule has 0 aliphatic carbocycles. The van der Waals surface area contributed by atoms with Gasteiger partial charge in [-0.3, -0.25) is 0 Å². The Labute approximate surface area is 116 Å². The molecule has 0 aliphatic heterocycles. The Morgan fingerprint density at radius 2 is 1.12 bits per heavy atom. The minimum atomic E-state index is -0.935. The van der Waals surface area contributed by atoms with Crippen molar-refractivity contribution in [2.24, 2.45) is 0 Å². The van der Waals surface area contributed by atoms with Crippen molar-refractivity contribution in [3.8, 4) is 0 Å². The molecular formula is C12H22O4Pb. The second kappa shape index (κ2) is 15.3. The summed E-state index contributed by atoms with van der Waals surface area (Å²) in [4.78, 5) is 19.2. The van der Waals surface area contributed by atoms with Crippen molar-refractivity contribution < 1.29 is 19.8 Å². The van der Waals surface area contributed by atoms with Crippen LogP contribution < -0.4 is 0 Å². The summed E-state index contributed by atoms with van der Waals surface area (Å²) < 4.78 is 3.08. The van der Waals surface area contributed by atoms with Gasteiger partial charge < -0.3 is 10.2 Å². The van der Waals surface area contributed by atoms with E-state index in [9.17, 15) is 9.59 Å². The molecule has 0 atom stereocenters. The topological polar surface area (TPSA) is 74.6 Å². The molecule has 0 fully saturated rings. The van der Waals surface area contributed by atoms with E-state index in [1.54, 1.807) is 0 Å². The Kier molecular flexibility index (Phi) is 19.5. The fraction of sp³-hybridized carbons (Fsp3) is 0.500. The van der Waals surface area contributed by atoms with Gasteiger partial charge in [-0.05, 0) is 13.8 Å². The van der Waals surface area contributed by atoms with E-state index in [0.717, 1.165) is 0 Å². The zero-order valence-electron chi connectivity index (χ0n) is 11.0. The van der Waals surface area contributed by atoms with Crippen LogP contribution in [0, 0.1) is 0 Å². The minimum absolute atomic E-state index is 0.0494. The fourth-order valence-electron chi connectivity index (χ4n) is 0.250. The fourth-order valence-corrected chi connectivity index (χ4v) is 2.19. The number of rotatable bonds is 4. The Morgan fingerprint density at radius 1 is 0.941 bits per heavy atom. The first-order valence-electron chi connectivity index (χ1n) is 5.18. The molecule has 0 unspecified atom stereocenters. The maximum absolute atomic E-state index is 9.60. The predicted molar refractivity (Wildman–Crippen MR) is 71.6 cm³/mol. The van der Waals surface area contributed by atoms with Gasteiger partial charge in [0.05, 0.1) is 0 Å². The summed E-state index contributed by atoms with van der Waals surface area (Å²) >= 11 is 0.0494. The number of hydrogen-bond acceptors (Lipinski definition) is 2. The van der Waals surface area contributed by atoms with E-state index >= 15 is 0 Å². The van der Waals surface area contributed by atoms with Crippen LogP contribution in [0.15, 0.2) is 24.3 Å². The molecule has 0 aromatic rings. The molecule has 0 saturated heterocycles. The molecule has 0 amide bonds. The maximum atomic E-state index is 9.60. The van der Waals surface area contributed by atoms with Crippen molar-refractivity contribution in [1.82, 2.24) is 0 Å². The van der Waals surface area contributed by atoms with Gasteiger partial charge in [-0.1, -0.05) is 13.2 Å². The number of aliphatic carboxylic acids is 2. The van der Waals surface area contributed by atoms with Crippen LogP contribution in [-0.4, -0.2) is 46.4 Å². The van der Waals surface area contributed by atoms with Crippen LogP contribution in [0.3, 0.4) is 0 Å². The van der Waals surface area contributed by atoms with Crippen LogP contribution in [0.4, 0.5) is 0 Å². The van der Waals surface area contributed by atoms with Gasteiger partial charge in [-0.25, -0.2) is 9.59 Å². The van der Waals surface area contributed by atoms with E-state index in [1.165, 1.54) is 21.8 Å². The Bertz CT molecular complexity index is 209. The van der Waals surface area contributed by atoms with E-state index < -0.39 is 11.9 Å². The Balaban J connectivity index is -0.000000174. The van der Waals surface area contributed by atoms with Gasteiger partial charge in [0.1, 0.15) is 0 Å². The third-order valence-electron chi connectivity index (χ3n) is 1.23. The first-order valence-corrected chi connectivity index (χ1v) is 10.7. The first-order chi connectivity index (χ1) is 7.70. The van der Waals surface area contributed by atoms with Gasteiger partial charge in [-0.15, -0.1) is 0 Å². The third kappa shape index (κ3) is 31.3. The molecule has 0 saturated carbocycles. The molecule has 2 N–H and O–H groups in total. The summed E-state index contributed by atoms with van der Waals surface area (Å²) in [6, 6.07) is 0. The van der Waals surface area contributed by atoms with Crippen molar-refractivity contribution >= 4 is 36.2 Å². The van der Waals surface area contributed by atoms with Gasteiger partial charge in [-0.2, -0.15) is 0 Å². The van der Waals surface area contributed by atoms with Crippen LogP contribution in [0.5, 0.6) is 0 Å². The average molecular weight is 438 g/mol.